The maximum absolute atomic E-state index is 6.20. The monoisotopic (exact) mass is 259 g/mol. The fraction of sp³-hybridized carbons (Fsp3) is 0.818. The molecule has 0 aromatic carbocycles. The van der Waals surface area contributed by atoms with E-state index < -0.39 is 0 Å². The lowest BCUT2D eigenvalue weighted by molar-refractivity contribution is 0.572. The SMILES string of the molecule is CC(C)CC(Cl)CNc1nc(C2CC2)ns1. The first kappa shape index (κ1) is 12.1. The number of anilines is 1. The Bertz CT molecular complexity index is 336. The Morgan fingerprint density at radius 3 is 2.88 bits per heavy atom. The van der Waals surface area contributed by atoms with Crippen LogP contribution in [0.1, 0.15) is 44.9 Å². The van der Waals surface area contributed by atoms with Gasteiger partial charge in [0.1, 0.15) is 5.82 Å². The van der Waals surface area contributed by atoms with E-state index in [-0.39, 0.29) is 5.38 Å². The van der Waals surface area contributed by atoms with Crippen LogP contribution in [0.4, 0.5) is 5.13 Å². The van der Waals surface area contributed by atoms with Crippen LogP contribution in [0.25, 0.3) is 0 Å². The highest BCUT2D eigenvalue weighted by Crippen LogP contribution is 2.39. The minimum absolute atomic E-state index is 0.174. The maximum atomic E-state index is 6.20. The fourth-order valence-electron chi connectivity index (χ4n) is 1.61. The van der Waals surface area contributed by atoms with Gasteiger partial charge >= 0.3 is 0 Å². The Hall–Kier alpha value is -0.350. The highest BCUT2D eigenvalue weighted by atomic mass is 35.5. The first-order valence-electron chi connectivity index (χ1n) is 5.86. The molecule has 5 heteroatoms. The summed E-state index contributed by atoms with van der Waals surface area (Å²) in [4.78, 5) is 4.46. The maximum Gasteiger partial charge on any atom is 0.202 e. The normalized spacial score (nSPS) is 17.8. The first-order chi connectivity index (χ1) is 7.65. The molecule has 1 aromatic heterocycles. The molecular formula is C11H18ClN3S. The Morgan fingerprint density at radius 1 is 1.50 bits per heavy atom. The van der Waals surface area contributed by atoms with Crippen LogP contribution >= 0.6 is 23.1 Å². The molecule has 1 unspecified atom stereocenters. The third kappa shape index (κ3) is 3.59. The zero-order valence-corrected chi connectivity index (χ0v) is 11.3. The summed E-state index contributed by atoms with van der Waals surface area (Å²) in [5.74, 6) is 2.29. The highest BCUT2D eigenvalue weighted by molar-refractivity contribution is 7.09. The molecular weight excluding hydrogens is 242 g/mol. The lowest BCUT2D eigenvalue weighted by atomic mass is 10.1. The Labute approximate surface area is 106 Å². The van der Waals surface area contributed by atoms with Gasteiger partial charge in [-0.1, -0.05) is 13.8 Å². The van der Waals surface area contributed by atoms with Crippen LogP contribution in [0.2, 0.25) is 0 Å². The molecule has 0 bridgehead atoms. The predicted molar refractivity (Wildman–Crippen MR) is 69.5 cm³/mol. The average molecular weight is 260 g/mol. The van der Waals surface area contributed by atoms with Gasteiger partial charge in [0.15, 0.2) is 0 Å². The number of halogens is 1. The van der Waals surface area contributed by atoms with E-state index in [0.717, 1.165) is 23.9 Å². The van der Waals surface area contributed by atoms with Crippen molar-refractivity contribution in [1.82, 2.24) is 9.36 Å². The molecule has 2 rings (SSSR count). The van der Waals surface area contributed by atoms with Gasteiger partial charge in [-0.25, -0.2) is 4.98 Å². The van der Waals surface area contributed by atoms with E-state index in [4.69, 9.17) is 11.6 Å². The van der Waals surface area contributed by atoms with Gasteiger partial charge < -0.3 is 5.32 Å². The van der Waals surface area contributed by atoms with Crippen molar-refractivity contribution in [3.8, 4) is 0 Å². The number of alkyl halides is 1. The van der Waals surface area contributed by atoms with Crippen LogP contribution in [-0.4, -0.2) is 21.3 Å². The van der Waals surface area contributed by atoms with Crippen LogP contribution in [0.15, 0.2) is 0 Å². The standard InChI is InChI=1S/C11H18ClN3S/c1-7(2)5-9(12)6-13-11-14-10(15-16-11)8-3-4-8/h7-9H,3-6H2,1-2H3,(H,13,14,15). The molecule has 0 amide bonds. The van der Waals surface area contributed by atoms with Crippen molar-refractivity contribution >= 4 is 28.3 Å². The molecule has 0 saturated heterocycles. The Balaban J connectivity index is 1.75. The second-order valence-electron chi connectivity index (χ2n) is 4.84. The van der Waals surface area contributed by atoms with E-state index in [2.05, 4.69) is 28.5 Å². The van der Waals surface area contributed by atoms with E-state index in [1.807, 2.05) is 0 Å². The van der Waals surface area contributed by atoms with E-state index in [0.29, 0.717) is 11.8 Å². The molecule has 0 spiro atoms. The summed E-state index contributed by atoms with van der Waals surface area (Å²) in [5, 5.41) is 4.35. The molecule has 1 heterocycles. The van der Waals surface area contributed by atoms with E-state index in [9.17, 15) is 0 Å². The van der Waals surface area contributed by atoms with Crippen LogP contribution in [0, 0.1) is 5.92 Å². The molecule has 1 aromatic rings. The first-order valence-corrected chi connectivity index (χ1v) is 7.07. The number of hydrogen-bond donors (Lipinski definition) is 1. The molecule has 1 fully saturated rings. The average Bonchev–Trinajstić information content (AvgIpc) is 2.94. The molecule has 1 aliphatic carbocycles. The Kier molecular flexibility index (Phi) is 4.03. The van der Waals surface area contributed by atoms with E-state index in [1.165, 1.54) is 24.4 Å². The third-order valence-electron chi connectivity index (χ3n) is 2.59. The minimum atomic E-state index is 0.174. The van der Waals surface area contributed by atoms with Crippen molar-refractivity contribution in [2.24, 2.45) is 5.92 Å². The second kappa shape index (κ2) is 5.32. The fourth-order valence-corrected chi connectivity index (χ4v) is 2.69. The summed E-state index contributed by atoms with van der Waals surface area (Å²) >= 11 is 7.65. The molecule has 0 aliphatic heterocycles. The summed E-state index contributed by atoms with van der Waals surface area (Å²) < 4.78 is 4.34. The topological polar surface area (TPSA) is 37.8 Å². The Morgan fingerprint density at radius 2 is 2.25 bits per heavy atom. The molecule has 90 valence electrons. The minimum Gasteiger partial charge on any atom is -0.359 e. The van der Waals surface area contributed by atoms with E-state index in [1.54, 1.807) is 0 Å². The number of rotatable bonds is 6. The van der Waals surface area contributed by atoms with Gasteiger partial charge in [0, 0.05) is 24.0 Å². The zero-order valence-electron chi connectivity index (χ0n) is 9.74. The van der Waals surface area contributed by atoms with Crippen molar-refractivity contribution in [2.75, 3.05) is 11.9 Å². The smallest absolute Gasteiger partial charge is 0.202 e. The van der Waals surface area contributed by atoms with Crippen molar-refractivity contribution in [1.29, 1.82) is 0 Å². The number of nitrogens with one attached hydrogen (secondary N) is 1. The van der Waals surface area contributed by atoms with Crippen molar-refractivity contribution < 1.29 is 0 Å². The van der Waals surface area contributed by atoms with Crippen LogP contribution in [0.3, 0.4) is 0 Å². The third-order valence-corrected chi connectivity index (χ3v) is 3.61. The summed E-state index contributed by atoms with van der Waals surface area (Å²) in [6, 6.07) is 0. The number of aromatic nitrogens is 2. The highest BCUT2D eigenvalue weighted by Gasteiger charge is 2.27. The molecule has 1 saturated carbocycles. The van der Waals surface area contributed by atoms with Crippen LogP contribution < -0.4 is 5.32 Å². The van der Waals surface area contributed by atoms with Gasteiger partial charge in [-0.3, -0.25) is 0 Å². The van der Waals surface area contributed by atoms with Crippen LogP contribution in [-0.2, 0) is 0 Å². The number of nitrogens with zero attached hydrogens (tertiary/aromatic N) is 2. The van der Waals surface area contributed by atoms with Gasteiger partial charge in [0.25, 0.3) is 0 Å². The predicted octanol–water partition coefficient (Wildman–Crippen LogP) is 3.48. The molecule has 16 heavy (non-hydrogen) atoms. The van der Waals surface area contributed by atoms with Gasteiger partial charge in [0.05, 0.1) is 5.38 Å². The largest absolute Gasteiger partial charge is 0.359 e. The molecule has 0 radical (unpaired) electrons. The van der Waals surface area contributed by atoms with Gasteiger partial charge in [-0.15, -0.1) is 11.6 Å². The van der Waals surface area contributed by atoms with Crippen molar-refractivity contribution in [3.05, 3.63) is 5.82 Å². The van der Waals surface area contributed by atoms with Gasteiger partial charge in [-0.2, -0.15) is 4.37 Å². The molecule has 1 aliphatic rings. The van der Waals surface area contributed by atoms with Crippen molar-refractivity contribution in [2.45, 2.75) is 44.4 Å². The molecule has 1 atom stereocenters. The van der Waals surface area contributed by atoms with Crippen LogP contribution in [0.5, 0.6) is 0 Å². The summed E-state index contributed by atoms with van der Waals surface area (Å²) in [7, 11) is 0. The number of hydrogen-bond acceptors (Lipinski definition) is 4. The molecule has 1 N–H and O–H groups in total. The molecule has 3 nitrogen and oxygen atoms in total. The summed E-state index contributed by atoms with van der Waals surface area (Å²) in [5.41, 5.74) is 0. The van der Waals surface area contributed by atoms with Crippen molar-refractivity contribution in [3.63, 3.8) is 0 Å². The zero-order chi connectivity index (χ0) is 11.5. The van der Waals surface area contributed by atoms with Gasteiger partial charge in [-0.05, 0) is 25.2 Å². The summed E-state index contributed by atoms with van der Waals surface area (Å²) in [6.45, 7) is 5.15. The van der Waals surface area contributed by atoms with E-state index >= 15 is 0 Å². The second-order valence-corrected chi connectivity index (χ2v) is 6.21. The lowest BCUT2D eigenvalue weighted by Gasteiger charge is -2.11. The summed E-state index contributed by atoms with van der Waals surface area (Å²) in [6.07, 6.45) is 3.53. The van der Waals surface area contributed by atoms with Gasteiger partial charge in [0.2, 0.25) is 5.13 Å². The lowest BCUT2D eigenvalue weighted by Crippen LogP contribution is -2.16. The quantitative estimate of drug-likeness (QED) is 0.795.